The highest BCUT2D eigenvalue weighted by Crippen LogP contribution is 2.50. The van der Waals surface area contributed by atoms with Gasteiger partial charge in [0.25, 0.3) is 0 Å². The van der Waals surface area contributed by atoms with Gasteiger partial charge in [0.15, 0.2) is 6.29 Å². The first-order valence-corrected chi connectivity index (χ1v) is 19.0. The van der Waals surface area contributed by atoms with Crippen LogP contribution in [0.15, 0.2) is 91.0 Å². The van der Waals surface area contributed by atoms with Crippen molar-refractivity contribution in [2.75, 3.05) is 25.9 Å². The van der Waals surface area contributed by atoms with Crippen molar-refractivity contribution in [2.24, 2.45) is 11.3 Å². The molecule has 10 nitrogen and oxygen atoms in total. The molecule has 2 heterocycles. The van der Waals surface area contributed by atoms with E-state index in [-0.39, 0.29) is 36.9 Å². The molecule has 3 aromatic carbocycles. The Morgan fingerprint density at radius 3 is 2.10 bits per heavy atom. The third-order valence-corrected chi connectivity index (χ3v) is 11.0. The van der Waals surface area contributed by atoms with E-state index in [1.54, 1.807) is 0 Å². The third-order valence-electron chi connectivity index (χ3n) is 9.09. The van der Waals surface area contributed by atoms with Gasteiger partial charge in [-0.3, -0.25) is 9.88 Å². The van der Waals surface area contributed by atoms with Gasteiger partial charge in [-0.1, -0.05) is 111 Å². The van der Waals surface area contributed by atoms with Crippen molar-refractivity contribution >= 4 is 13.7 Å². The molecule has 0 aromatic heterocycles. The van der Waals surface area contributed by atoms with Crippen LogP contribution in [0.3, 0.4) is 0 Å². The monoisotopic (exact) mass is 694 g/mol. The van der Waals surface area contributed by atoms with E-state index in [0.717, 1.165) is 36.0 Å². The molecule has 1 amide bonds. The summed E-state index contributed by atoms with van der Waals surface area (Å²) in [5, 5.41) is 17.4. The Kier molecular flexibility index (Phi) is 13.8. The molecule has 2 fully saturated rings. The normalized spacial score (nSPS) is 20.4. The van der Waals surface area contributed by atoms with E-state index in [0.29, 0.717) is 38.8 Å². The van der Waals surface area contributed by atoms with Gasteiger partial charge in [0, 0.05) is 6.54 Å². The lowest BCUT2D eigenvalue weighted by Crippen LogP contribution is -2.53. The van der Waals surface area contributed by atoms with Crippen LogP contribution in [0.25, 0.3) is 0 Å². The van der Waals surface area contributed by atoms with Gasteiger partial charge in [-0.2, -0.15) is 0 Å². The molecule has 2 saturated heterocycles. The van der Waals surface area contributed by atoms with Gasteiger partial charge < -0.3 is 33.7 Å². The standard InChI is InChI=1S/C38H51N2O8P/c1-38(2,21-12-13-23-49(43,46-25-30-16-8-4-9-17-30)47-26-31-18-10-5-11-19-31)28-39-35(41)33(24-29-14-6-3-7-15-29)40-37(42)48-34-27-45-36-32(34)20-22-44-36/h3-11,14-19,32-36,39,41H,12-13,20-28H2,1-2H3,(H,40,42). The highest BCUT2D eigenvalue weighted by atomic mass is 31.2. The molecule has 3 aromatic rings. The summed E-state index contributed by atoms with van der Waals surface area (Å²) in [5.41, 5.74) is 2.66. The Balaban J connectivity index is 1.10. The zero-order chi connectivity index (χ0) is 34.5. The number of aliphatic hydroxyl groups is 1. The average Bonchev–Trinajstić information content (AvgIpc) is 3.74. The van der Waals surface area contributed by atoms with E-state index < -0.39 is 26.0 Å². The number of benzene rings is 3. The van der Waals surface area contributed by atoms with Gasteiger partial charge in [0.2, 0.25) is 0 Å². The number of hydrogen-bond donors (Lipinski definition) is 3. The second-order valence-electron chi connectivity index (χ2n) is 13.7. The first-order chi connectivity index (χ1) is 23.7. The Morgan fingerprint density at radius 2 is 1.49 bits per heavy atom. The van der Waals surface area contributed by atoms with Gasteiger partial charge in [0.1, 0.15) is 12.3 Å². The zero-order valence-corrected chi connectivity index (χ0v) is 29.5. The number of ether oxygens (including phenoxy) is 3. The smallest absolute Gasteiger partial charge is 0.407 e. The molecule has 5 rings (SSSR count). The fourth-order valence-corrected chi connectivity index (χ4v) is 7.80. The summed E-state index contributed by atoms with van der Waals surface area (Å²) in [6.07, 6.45) is 1.48. The summed E-state index contributed by atoms with van der Waals surface area (Å²) in [6.45, 7) is 6.08. The second-order valence-corrected chi connectivity index (χ2v) is 15.9. The number of fused-ring (bicyclic) bond motifs is 1. The molecular formula is C38H51N2O8P. The quantitative estimate of drug-likeness (QED) is 0.0705. The number of rotatable bonds is 19. The van der Waals surface area contributed by atoms with E-state index in [1.165, 1.54) is 0 Å². The summed E-state index contributed by atoms with van der Waals surface area (Å²) < 4.78 is 42.6. The number of unbranched alkanes of at least 4 members (excludes halogenated alkanes) is 1. The molecule has 5 atom stereocenters. The van der Waals surface area contributed by atoms with E-state index >= 15 is 0 Å². The van der Waals surface area contributed by atoms with Crippen molar-refractivity contribution in [1.82, 2.24) is 10.6 Å². The summed E-state index contributed by atoms with van der Waals surface area (Å²) in [4.78, 5) is 13.0. The molecule has 266 valence electrons. The van der Waals surface area contributed by atoms with E-state index in [2.05, 4.69) is 24.5 Å². The molecule has 0 radical (unpaired) electrons. The third kappa shape index (κ3) is 12.0. The topological polar surface area (TPSA) is 125 Å². The summed E-state index contributed by atoms with van der Waals surface area (Å²) in [5.74, 6) is 0.0296. The number of aliphatic hydroxyl groups excluding tert-OH is 1. The van der Waals surface area contributed by atoms with Crippen molar-refractivity contribution in [3.05, 3.63) is 108 Å². The van der Waals surface area contributed by atoms with Gasteiger partial charge >= 0.3 is 13.7 Å². The molecule has 2 aliphatic heterocycles. The van der Waals surface area contributed by atoms with Crippen LogP contribution in [0, 0.1) is 11.3 Å². The first-order valence-electron chi connectivity index (χ1n) is 17.3. The zero-order valence-electron chi connectivity index (χ0n) is 28.6. The summed E-state index contributed by atoms with van der Waals surface area (Å²) in [7, 11) is -3.36. The lowest BCUT2D eigenvalue weighted by Gasteiger charge is -2.31. The molecule has 0 saturated carbocycles. The SMILES string of the molecule is CC(C)(CCCCP(=O)(OCc1ccccc1)OCc1ccccc1)CNC(O)C(Cc1ccccc1)NC(=O)OC1COC2OCCC12. The number of carbonyl (C=O) groups is 1. The molecule has 5 unspecified atom stereocenters. The Bertz CT molecular complexity index is 1410. The number of nitrogens with one attached hydrogen (secondary N) is 2. The van der Waals surface area contributed by atoms with E-state index in [4.69, 9.17) is 23.3 Å². The maximum atomic E-state index is 13.8. The van der Waals surface area contributed by atoms with Crippen molar-refractivity contribution < 1.29 is 37.7 Å². The van der Waals surface area contributed by atoms with Crippen LogP contribution in [-0.4, -0.2) is 61.8 Å². The largest absolute Gasteiger partial charge is 0.443 e. The average molecular weight is 695 g/mol. The van der Waals surface area contributed by atoms with Crippen molar-refractivity contribution in [2.45, 2.75) is 83.8 Å². The predicted octanol–water partition coefficient (Wildman–Crippen LogP) is 6.82. The number of hydrogen-bond acceptors (Lipinski definition) is 9. The molecular weight excluding hydrogens is 643 g/mol. The van der Waals surface area contributed by atoms with Crippen LogP contribution in [0.5, 0.6) is 0 Å². The van der Waals surface area contributed by atoms with E-state index in [1.807, 2.05) is 91.0 Å². The fourth-order valence-electron chi connectivity index (χ4n) is 6.16. The van der Waals surface area contributed by atoms with Crippen LogP contribution in [0.2, 0.25) is 0 Å². The number of amides is 1. The Hall–Kier alpha value is -3.08. The van der Waals surface area contributed by atoms with Gasteiger partial charge in [-0.05, 0) is 47.8 Å². The van der Waals surface area contributed by atoms with Gasteiger partial charge in [-0.25, -0.2) is 4.79 Å². The maximum absolute atomic E-state index is 13.8. The fraction of sp³-hybridized carbons (Fsp3) is 0.500. The molecule has 2 aliphatic rings. The van der Waals surface area contributed by atoms with Crippen LogP contribution < -0.4 is 10.6 Å². The predicted molar refractivity (Wildman–Crippen MR) is 188 cm³/mol. The van der Waals surface area contributed by atoms with Gasteiger partial charge in [0.05, 0.1) is 44.5 Å². The molecule has 0 bridgehead atoms. The summed E-state index contributed by atoms with van der Waals surface area (Å²) >= 11 is 0. The second kappa shape index (κ2) is 18.2. The number of alkyl carbamates (subject to hydrolysis) is 1. The Morgan fingerprint density at radius 1 is 0.898 bits per heavy atom. The highest BCUT2D eigenvalue weighted by Gasteiger charge is 2.44. The van der Waals surface area contributed by atoms with Crippen LogP contribution in [0.1, 0.15) is 56.2 Å². The molecule has 3 N–H and O–H groups in total. The molecule has 0 spiro atoms. The summed E-state index contributed by atoms with van der Waals surface area (Å²) in [6, 6.07) is 28.5. The van der Waals surface area contributed by atoms with Gasteiger partial charge in [-0.15, -0.1) is 0 Å². The van der Waals surface area contributed by atoms with Crippen LogP contribution >= 0.6 is 7.60 Å². The minimum absolute atomic E-state index is 0.0296. The lowest BCUT2D eigenvalue weighted by molar-refractivity contribution is -0.0907. The molecule has 11 heteroatoms. The van der Waals surface area contributed by atoms with Crippen molar-refractivity contribution in [3.63, 3.8) is 0 Å². The lowest BCUT2D eigenvalue weighted by atomic mass is 9.87. The Labute approximate surface area is 290 Å². The highest BCUT2D eigenvalue weighted by molar-refractivity contribution is 7.53. The molecule has 0 aliphatic carbocycles. The number of carbonyl (C=O) groups excluding carboxylic acids is 1. The van der Waals surface area contributed by atoms with Crippen molar-refractivity contribution in [1.29, 1.82) is 0 Å². The van der Waals surface area contributed by atoms with E-state index in [9.17, 15) is 14.5 Å². The first kappa shape index (κ1) is 37.2. The molecule has 49 heavy (non-hydrogen) atoms. The minimum atomic E-state index is -3.36. The van der Waals surface area contributed by atoms with Crippen molar-refractivity contribution in [3.8, 4) is 0 Å². The minimum Gasteiger partial charge on any atom is -0.443 e. The van der Waals surface area contributed by atoms with Crippen LogP contribution in [-0.2, 0) is 47.5 Å². The van der Waals surface area contributed by atoms with Crippen LogP contribution in [0.4, 0.5) is 4.79 Å². The maximum Gasteiger partial charge on any atom is 0.407 e.